The molecule has 0 aliphatic carbocycles. The van der Waals surface area contributed by atoms with Crippen molar-refractivity contribution in [2.75, 3.05) is 17.3 Å². The topological polar surface area (TPSA) is 83.8 Å². The van der Waals surface area contributed by atoms with E-state index in [2.05, 4.69) is 22.2 Å². The van der Waals surface area contributed by atoms with E-state index >= 15 is 0 Å². The molecule has 0 fully saturated rings. The number of carbonyl (C=O) groups excluding carboxylic acids is 1. The summed E-state index contributed by atoms with van der Waals surface area (Å²) in [5.41, 5.74) is 8.50. The molecule has 2 aromatic rings. The third-order valence-electron chi connectivity index (χ3n) is 3.54. The van der Waals surface area contributed by atoms with Crippen molar-refractivity contribution in [3.8, 4) is 0 Å². The van der Waals surface area contributed by atoms with Gasteiger partial charge in [0, 0.05) is 12.1 Å². The van der Waals surface area contributed by atoms with Crippen molar-refractivity contribution in [2.45, 2.75) is 38.6 Å². The van der Waals surface area contributed by atoms with Crippen LogP contribution in [0.2, 0.25) is 0 Å². The second kappa shape index (κ2) is 11.6. The van der Waals surface area contributed by atoms with E-state index in [4.69, 9.17) is 5.73 Å². The lowest BCUT2D eigenvalue weighted by atomic mass is 10.2. The first-order chi connectivity index (χ1) is 10.6. The minimum absolute atomic E-state index is 0. The molecular formula is C16H26Cl2N4OS. The molecule has 0 saturated heterocycles. The monoisotopic (exact) mass is 392 g/mol. The smallest absolute Gasteiger partial charge is 0.241 e. The molecule has 1 aromatic carbocycles. The molecule has 1 heterocycles. The lowest BCUT2D eigenvalue weighted by molar-refractivity contribution is -0.117. The summed E-state index contributed by atoms with van der Waals surface area (Å²) in [5, 5.41) is 2.87. The van der Waals surface area contributed by atoms with Crippen LogP contribution < -0.4 is 11.1 Å². The maximum atomic E-state index is 12.0. The van der Waals surface area contributed by atoms with Gasteiger partial charge in [-0.2, -0.15) is 11.8 Å². The number of anilines is 1. The molecule has 24 heavy (non-hydrogen) atoms. The highest BCUT2D eigenvalue weighted by Crippen LogP contribution is 2.18. The number of benzene rings is 1. The van der Waals surface area contributed by atoms with Gasteiger partial charge in [-0.15, -0.1) is 24.8 Å². The van der Waals surface area contributed by atoms with Crippen LogP contribution in [0.25, 0.3) is 11.0 Å². The van der Waals surface area contributed by atoms with Crippen LogP contribution in [0, 0.1) is 0 Å². The zero-order valence-electron chi connectivity index (χ0n) is 14.0. The number of thioether (sulfide) groups is 1. The fourth-order valence-corrected chi connectivity index (χ4v) is 2.70. The number of aryl methyl sites for hydroxylation is 1. The highest BCUT2D eigenvalue weighted by atomic mass is 35.5. The first-order valence-electron chi connectivity index (χ1n) is 7.68. The fraction of sp³-hybridized carbons (Fsp3) is 0.500. The summed E-state index contributed by atoms with van der Waals surface area (Å²) in [6.07, 6.45) is 5.90. The first-order valence-corrected chi connectivity index (χ1v) is 9.07. The Morgan fingerprint density at radius 2 is 2.17 bits per heavy atom. The minimum atomic E-state index is -0.468. The minimum Gasteiger partial charge on any atom is -0.342 e. The Balaban J connectivity index is 0.00000264. The van der Waals surface area contributed by atoms with Crippen molar-refractivity contribution in [1.29, 1.82) is 0 Å². The number of fused-ring (bicyclic) bond motifs is 1. The van der Waals surface area contributed by atoms with Crippen molar-refractivity contribution in [2.24, 2.45) is 5.73 Å². The number of halogens is 2. The average molecular weight is 393 g/mol. The van der Waals surface area contributed by atoms with E-state index in [1.54, 1.807) is 11.8 Å². The van der Waals surface area contributed by atoms with Crippen LogP contribution in [0.4, 0.5) is 5.69 Å². The number of hydrogen-bond acceptors (Lipinski definition) is 4. The molecule has 0 radical (unpaired) electrons. The molecule has 1 amide bonds. The number of unbranched alkanes of at least 4 members (excludes halogenated alkanes) is 1. The second-order valence-electron chi connectivity index (χ2n) is 5.40. The summed E-state index contributed by atoms with van der Waals surface area (Å²) in [7, 11) is 0. The van der Waals surface area contributed by atoms with E-state index in [0.717, 1.165) is 47.6 Å². The molecule has 1 atom stereocenters. The number of hydrogen-bond donors (Lipinski definition) is 3. The van der Waals surface area contributed by atoms with Gasteiger partial charge in [0.1, 0.15) is 5.82 Å². The molecule has 0 spiro atoms. The number of H-pyrrole nitrogens is 1. The van der Waals surface area contributed by atoms with Crippen molar-refractivity contribution in [3.05, 3.63) is 24.0 Å². The molecule has 5 nitrogen and oxygen atoms in total. The van der Waals surface area contributed by atoms with Crippen molar-refractivity contribution in [3.63, 3.8) is 0 Å². The molecule has 0 aliphatic heterocycles. The summed E-state index contributed by atoms with van der Waals surface area (Å²) in [6, 6.07) is 5.23. The average Bonchev–Trinajstić information content (AvgIpc) is 2.92. The second-order valence-corrected chi connectivity index (χ2v) is 6.38. The lowest BCUT2D eigenvalue weighted by Gasteiger charge is -2.11. The van der Waals surface area contributed by atoms with Crippen molar-refractivity contribution >= 4 is 59.2 Å². The van der Waals surface area contributed by atoms with E-state index < -0.39 is 6.04 Å². The van der Waals surface area contributed by atoms with Gasteiger partial charge in [-0.05, 0) is 43.0 Å². The van der Waals surface area contributed by atoms with E-state index in [0.29, 0.717) is 6.42 Å². The van der Waals surface area contributed by atoms with Crippen molar-refractivity contribution < 1.29 is 4.79 Å². The molecule has 0 bridgehead atoms. The standard InChI is InChI=1S/C16H24N4OS.2ClH/c1-3-4-5-15-19-13-7-6-11(10-14(13)20-15)18-16(21)12(17)8-9-22-2;;/h6-7,10,12H,3-5,8-9,17H2,1-2H3,(H,18,21)(H,19,20);2*1H/t12-;;/m0../s1. The number of amides is 1. The van der Waals surface area contributed by atoms with Crippen LogP contribution in [0.1, 0.15) is 32.0 Å². The predicted molar refractivity (Wildman–Crippen MR) is 109 cm³/mol. The number of nitrogens with one attached hydrogen (secondary N) is 2. The molecule has 8 heteroatoms. The van der Waals surface area contributed by atoms with Gasteiger partial charge in [0.2, 0.25) is 5.91 Å². The number of nitrogens with zero attached hydrogens (tertiary/aromatic N) is 1. The summed E-state index contributed by atoms with van der Waals surface area (Å²) < 4.78 is 0. The maximum Gasteiger partial charge on any atom is 0.241 e. The van der Waals surface area contributed by atoms with Gasteiger partial charge in [-0.3, -0.25) is 4.79 Å². The number of aromatic amines is 1. The van der Waals surface area contributed by atoms with Crippen LogP contribution in [-0.2, 0) is 11.2 Å². The van der Waals surface area contributed by atoms with Gasteiger partial charge in [0.05, 0.1) is 17.1 Å². The Morgan fingerprint density at radius 3 is 2.83 bits per heavy atom. The lowest BCUT2D eigenvalue weighted by Crippen LogP contribution is -2.36. The zero-order chi connectivity index (χ0) is 15.9. The SMILES string of the molecule is CCCCc1nc2ccc(NC(=O)[C@@H](N)CCSC)cc2[nH]1.Cl.Cl. The summed E-state index contributed by atoms with van der Waals surface area (Å²) in [5.74, 6) is 1.74. The third-order valence-corrected chi connectivity index (χ3v) is 4.18. The predicted octanol–water partition coefficient (Wildman–Crippen LogP) is 3.77. The Kier molecular flexibility index (Phi) is 11.1. The Morgan fingerprint density at radius 1 is 1.42 bits per heavy atom. The highest BCUT2D eigenvalue weighted by molar-refractivity contribution is 7.98. The largest absolute Gasteiger partial charge is 0.342 e. The number of nitrogens with two attached hydrogens (primary N) is 1. The van der Waals surface area contributed by atoms with E-state index in [-0.39, 0.29) is 30.7 Å². The van der Waals surface area contributed by atoms with Gasteiger partial charge < -0.3 is 16.0 Å². The Hall–Kier alpha value is -0.950. The molecule has 0 aliphatic rings. The normalized spacial score (nSPS) is 11.5. The number of aromatic nitrogens is 2. The van der Waals surface area contributed by atoms with Gasteiger partial charge in [-0.25, -0.2) is 4.98 Å². The highest BCUT2D eigenvalue weighted by Gasteiger charge is 2.13. The summed E-state index contributed by atoms with van der Waals surface area (Å²) in [4.78, 5) is 19.9. The van der Waals surface area contributed by atoms with Crippen LogP contribution in [0.15, 0.2) is 18.2 Å². The van der Waals surface area contributed by atoms with Crippen LogP contribution in [0.3, 0.4) is 0 Å². The van der Waals surface area contributed by atoms with Crippen LogP contribution in [-0.4, -0.2) is 33.9 Å². The molecule has 2 rings (SSSR count). The van der Waals surface area contributed by atoms with Gasteiger partial charge in [0.15, 0.2) is 0 Å². The summed E-state index contributed by atoms with van der Waals surface area (Å²) in [6.45, 7) is 2.16. The van der Waals surface area contributed by atoms with E-state index in [1.807, 2.05) is 24.5 Å². The molecule has 4 N–H and O–H groups in total. The first kappa shape index (κ1) is 23.1. The number of carbonyl (C=O) groups is 1. The number of rotatable bonds is 8. The molecule has 1 aromatic heterocycles. The van der Waals surface area contributed by atoms with E-state index in [9.17, 15) is 4.79 Å². The fourth-order valence-electron chi connectivity index (χ4n) is 2.21. The van der Waals surface area contributed by atoms with Crippen LogP contribution in [0.5, 0.6) is 0 Å². The Bertz CT molecular complexity index is 636. The quantitative estimate of drug-likeness (QED) is 0.638. The van der Waals surface area contributed by atoms with E-state index in [1.165, 1.54) is 0 Å². The molecule has 136 valence electrons. The maximum absolute atomic E-state index is 12.0. The number of imidazole rings is 1. The van der Waals surface area contributed by atoms with Gasteiger partial charge >= 0.3 is 0 Å². The van der Waals surface area contributed by atoms with Gasteiger partial charge in [0.25, 0.3) is 0 Å². The molecule has 0 unspecified atom stereocenters. The third kappa shape index (κ3) is 6.51. The van der Waals surface area contributed by atoms with Crippen LogP contribution >= 0.6 is 36.6 Å². The molecular weight excluding hydrogens is 367 g/mol. The zero-order valence-corrected chi connectivity index (χ0v) is 16.5. The summed E-state index contributed by atoms with van der Waals surface area (Å²) >= 11 is 1.69. The molecule has 0 saturated carbocycles. The Labute approximate surface area is 159 Å². The van der Waals surface area contributed by atoms with Gasteiger partial charge in [-0.1, -0.05) is 13.3 Å². The van der Waals surface area contributed by atoms with Crippen molar-refractivity contribution in [1.82, 2.24) is 9.97 Å².